The maximum atomic E-state index is 12.0. The van der Waals surface area contributed by atoms with E-state index in [1.165, 1.54) is 0 Å². The first-order valence-corrected chi connectivity index (χ1v) is 6.78. The quantitative estimate of drug-likeness (QED) is 0.686. The number of ether oxygens (including phenoxy) is 2. The van der Waals surface area contributed by atoms with Gasteiger partial charge in [-0.3, -0.25) is 5.32 Å². The van der Waals surface area contributed by atoms with Crippen LogP contribution in [0.2, 0.25) is 0 Å². The number of amides is 3. The van der Waals surface area contributed by atoms with Crippen LogP contribution in [0.1, 0.15) is 12.5 Å². The molecule has 3 amide bonds. The van der Waals surface area contributed by atoms with Gasteiger partial charge in [-0.2, -0.15) is 0 Å². The molecule has 0 bridgehead atoms. The number of nitrogens with one attached hydrogen (secondary N) is 3. The Kier molecular flexibility index (Phi) is 4.82. The predicted molar refractivity (Wildman–Crippen MR) is 75.7 cm³/mol. The van der Waals surface area contributed by atoms with Crippen LogP contribution in [0.5, 0.6) is 0 Å². The summed E-state index contributed by atoms with van der Waals surface area (Å²) in [7, 11) is 0. The molecule has 1 aliphatic heterocycles. The highest BCUT2D eigenvalue weighted by Crippen LogP contribution is 2.09. The minimum absolute atomic E-state index is 0.0486. The average molecular weight is 307 g/mol. The van der Waals surface area contributed by atoms with E-state index in [0.29, 0.717) is 0 Å². The van der Waals surface area contributed by atoms with Crippen molar-refractivity contribution in [1.29, 1.82) is 0 Å². The predicted octanol–water partition coefficient (Wildman–Crippen LogP) is 0.485. The molecule has 22 heavy (non-hydrogen) atoms. The molecule has 0 aromatic heterocycles. The molecule has 0 radical (unpaired) electrons. The lowest BCUT2D eigenvalue weighted by Crippen LogP contribution is -2.64. The maximum Gasteiger partial charge on any atom is 0.409 e. The Morgan fingerprint density at radius 1 is 1.27 bits per heavy atom. The average Bonchev–Trinajstić information content (AvgIpc) is 2.89. The maximum absolute atomic E-state index is 12.0. The van der Waals surface area contributed by atoms with Crippen molar-refractivity contribution in [3.05, 3.63) is 35.9 Å². The lowest BCUT2D eigenvalue weighted by Gasteiger charge is -2.25. The lowest BCUT2D eigenvalue weighted by molar-refractivity contribution is -0.151. The van der Waals surface area contributed by atoms with Gasteiger partial charge in [-0.25, -0.2) is 14.4 Å². The van der Waals surface area contributed by atoms with Crippen molar-refractivity contribution in [2.45, 2.75) is 19.2 Å². The van der Waals surface area contributed by atoms with Gasteiger partial charge in [0, 0.05) is 0 Å². The molecule has 1 unspecified atom stereocenters. The number of rotatable bonds is 5. The van der Waals surface area contributed by atoms with Crippen molar-refractivity contribution in [3.8, 4) is 0 Å². The van der Waals surface area contributed by atoms with E-state index in [1.807, 2.05) is 18.2 Å². The number of esters is 1. The van der Waals surface area contributed by atoms with Crippen molar-refractivity contribution in [3.63, 3.8) is 0 Å². The molecular weight excluding hydrogens is 290 g/mol. The standard InChI is InChI=1S/C14H17N3O5/c1-2-21-11(18)14(9-15-12(19)16-14)17-13(20)22-8-10-6-4-3-5-7-10/h3-7H,2,8-9H2,1H3,(H,17,20)(H2,15,16,19). The number of alkyl carbamates (subject to hydrolysis) is 1. The summed E-state index contributed by atoms with van der Waals surface area (Å²) in [5.74, 6) is -0.759. The Morgan fingerprint density at radius 2 is 2.00 bits per heavy atom. The second-order valence-corrected chi connectivity index (χ2v) is 4.62. The Morgan fingerprint density at radius 3 is 2.59 bits per heavy atom. The van der Waals surface area contributed by atoms with Gasteiger partial charge in [0.05, 0.1) is 13.2 Å². The van der Waals surface area contributed by atoms with E-state index < -0.39 is 23.8 Å². The van der Waals surface area contributed by atoms with Gasteiger partial charge in [0.15, 0.2) is 0 Å². The number of benzene rings is 1. The van der Waals surface area contributed by atoms with E-state index in [0.717, 1.165) is 5.56 Å². The first kappa shape index (κ1) is 15.6. The molecule has 1 heterocycles. The fourth-order valence-corrected chi connectivity index (χ4v) is 1.93. The molecule has 1 atom stereocenters. The third-order valence-corrected chi connectivity index (χ3v) is 2.99. The highest BCUT2D eigenvalue weighted by atomic mass is 16.6. The Balaban J connectivity index is 1.97. The van der Waals surface area contributed by atoms with E-state index in [9.17, 15) is 14.4 Å². The zero-order valence-electron chi connectivity index (χ0n) is 12.0. The van der Waals surface area contributed by atoms with Crippen LogP contribution in [0.15, 0.2) is 30.3 Å². The number of hydrogen-bond acceptors (Lipinski definition) is 5. The van der Waals surface area contributed by atoms with Gasteiger partial charge in [-0.15, -0.1) is 0 Å². The van der Waals surface area contributed by atoms with Crippen LogP contribution in [0, 0.1) is 0 Å². The van der Waals surface area contributed by atoms with E-state index in [4.69, 9.17) is 9.47 Å². The minimum atomic E-state index is -1.65. The fraction of sp³-hybridized carbons (Fsp3) is 0.357. The van der Waals surface area contributed by atoms with Crippen LogP contribution in [0.25, 0.3) is 0 Å². The molecule has 2 rings (SSSR count). The van der Waals surface area contributed by atoms with Crippen LogP contribution >= 0.6 is 0 Å². The molecule has 1 fully saturated rings. The normalized spacial score (nSPS) is 19.8. The highest BCUT2D eigenvalue weighted by Gasteiger charge is 2.48. The summed E-state index contributed by atoms with van der Waals surface area (Å²) < 4.78 is 9.92. The molecule has 0 spiro atoms. The molecule has 8 heteroatoms. The van der Waals surface area contributed by atoms with Crippen LogP contribution in [-0.4, -0.2) is 36.9 Å². The summed E-state index contributed by atoms with van der Waals surface area (Å²) in [6, 6.07) is 8.51. The van der Waals surface area contributed by atoms with Crippen molar-refractivity contribution < 1.29 is 23.9 Å². The molecule has 1 aromatic carbocycles. The zero-order valence-corrected chi connectivity index (χ0v) is 12.0. The molecular formula is C14H17N3O5. The molecule has 0 saturated carbocycles. The van der Waals surface area contributed by atoms with Crippen LogP contribution < -0.4 is 16.0 Å². The molecule has 1 saturated heterocycles. The summed E-state index contributed by atoms with van der Waals surface area (Å²) in [4.78, 5) is 35.2. The summed E-state index contributed by atoms with van der Waals surface area (Å²) in [6.45, 7) is 1.68. The van der Waals surface area contributed by atoms with Gasteiger partial charge in [-0.05, 0) is 12.5 Å². The van der Waals surface area contributed by atoms with E-state index in [-0.39, 0.29) is 19.8 Å². The van der Waals surface area contributed by atoms with Gasteiger partial charge < -0.3 is 20.1 Å². The smallest absolute Gasteiger partial charge is 0.409 e. The first-order chi connectivity index (χ1) is 10.6. The van der Waals surface area contributed by atoms with Crippen molar-refractivity contribution >= 4 is 18.1 Å². The summed E-state index contributed by atoms with van der Waals surface area (Å²) >= 11 is 0. The van der Waals surface area contributed by atoms with E-state index in [1.54, 1.807) is 19.1 Å². The number of urea groups is 1. The van der Waals surface area contributed by atoms with Crippen LogP contribution in [-0.2, 0) is 20.9 Å². The molecule has 3 N–H and O–H groups in total. The number of carbonyl (C=O) groups is 3. The lowest BCUT2D eigenvalue weighted by atomic mass is 10.2. The molecule has 1 aliphatic rings. The largest absolute Gasteiger partial charge is 0.463 e. The third kappa shape index (κ3) is 3.66. The monoisotopic (exact) mass is 307 g/mol. The summed E-state index contributed by atoms with van der Waals surface area (Å²) in [5.41, 5.74) is -0.850. The topological polar surface area (TPSA) is 106 Å². The van der Waals surface area contributed by atoms with Gasteiger partial charge in [0.2, 0.25) is 5.66 Å². The van der Waals surface area contributed by atoms with E-state index >= 15 is 0 Å². The minimum Gasteiger partial charge on any atom is -0.463 e. The Labute approximate surface area is 127 Å². The van der Waals surface area contributed by atoms with Gasteiger partial charge in [-0.1, -0.05) is 30.3 Å². The summed E-state index contributed by atoms with van der Waals surface area (Å²) in [6.07, 6.45) is -0.832. The first-order valence-electron chi connectivity index (χ1n) is 6.78. The van der Waals surface area contributed by atoms with Gasteiger partial charge >= 0.3 is 18.1 Å². The second kappa shape index (κ2) is 6.79. The Hall–Kier alpha value is -2.77. The SMILES string of the molecule is CCOC(=O)C1(NC(=O)OCc2ccccc2)CNC(=O)N1. The third-order valence-electron chi connectivity index (χ3n) is 2.99. The number of carbonyl (C=O) groups excluding carboxylic acids is 3. The van der Waals surface area contributed by atoms with Crippen molar-refractivity contribution in [2.24, 2.45) is 0 Å². The Bertz CT molecular complexity index is 563. The number of hydrogen-bond donors (Lipinski definition) is 3. The van der Waals surface area contributed by atoms with Gasteiger partial charge in [0.1, 0.15) is 6.61 Å². The van der Waals surface area contributed by atoms with Crippen LogP contribution in [0.4, 0.5) is 9.59 Å². The molecule has 0 aliphatic carbocycles. The van der Waals surface area contributed by atoms with Crippen molar-refractivity contribution in [1.82, 2.24) is 16.0 Å². The summed E-state index contributed by atoms with van der Waals surface area (Å²) in [5, 5.41) is 7.10. The van der Waals surface area contributed by atoms with Crippen LogP contribution in [0.3, 0.4) is 0 Å². The van der Waals surface area contributed by atoms with Crippen molar-refractivity contribution in [2.75, 3.05) is 13.2 Å². The van der Waals surface area contributed by atoms with Gasteiger partial charge in [0.25, 0.3) is 0 Å². The zero-order chi connectivity index (χ0) is 16.0. The molecule has 1 aromatic rings. The second-order valence-electron chi connectivity index (χ2n) is 4.62. The highest BCUT2D eigenvalue weighted by molar-refractivity contribution is 5.93. The van der Waals surface area contributed by atoms with E-state index in [2.05, 4.69) is 16.0 Å². The fourth-order valence-electron chi connectivity index (χ4n) is 1.93. The molecule has 118 valence electrons. The molecule has 8 nitrogen and oxygen atoms in total.